The topological polar surface area (TPSA) is 79.0 Å². The number of nitrogens with zero attached hydrogens (tertiary/aromatic N) is 1. The molecule has 0 radical (unpaired) electrons. The molecule has 1 fully saturated rings. The Kier molecular flexibility index (Phi) is 3.44. The van der Waals surface area contributed by atoms with Crippen molar-refractivity contribution < 1.29 is 9.53 Å². The molecule has 1 aliphatic heterocycles. The van der Waals surface area contributed by atoms with Crippen LogP contribution in [0.25, 0.3) is 0 Å². The standard InChI is InChI=1S/C17H20N4O2/c22-16(18-11-12-6-9-19-21-12)20-14-10-17(7-3-8-17)23-15-5-2-1-4-13(14)15/h1-2,4-6,9,14H,3,7-8,10-11H2,(H,19,21)(H2,18,20,22). The van der Waals surface area contributed by atoms with Gasteiger partial charge in [-0.2, -0.15) is 5.10 Å². The first-order chi connectivity index (χ1) is 11.2. The van der Waals surface area contributed by atoms with E-state index >= 15 is 0 Å². The lowest BCUT2D eigenvalue weighted by atomic mass is 9.73. The van der Waals surface area contributed by atoms with Crippen molar-refractivity contribution in [1.29, 1.82) is 0 Å². The first-order valence-electron chi connectivity index (χ1n) is 8.05. The van der Waals surface area contributed by atoms with Crippen molar-refractivity contribution in [3.05, 3.63) is 47.8 Å². The fraction of sp³-hybridized carbons (Fsp3) is 0.412. The van der Waals surface area contributed by atoms with Crippen molar-refractivity contribution in [3.63, 3.8) is 0 Å². The average Bonchev–Trinajstić information content (AvgIpc) is 3.05. The Balaban J connectivity index is 1.45. The highest BCUT2D eigenvalue weighted by Crippen LogP contribution is 2.48. The molecule has 23 heavy (non-hydrogen) atoms. The average molecular weight is 312 g/mol. The summed E-state index contributed by atoms with van der Waals surface area (Å²) in [6.45, 7) is 0.432. The number of aromatic amines is 1. The summed E-state index contributed by atoms with van der Waals surface area (Å²) in [6, 6.07) is 9.64. The Bertz CT molecular complexity index is 694. The molecular weight excluding hydrogens is 292 g/mol. The molecule has 1 spiro atoms. The fourth-order valence-electron chi connectivity index (χ4n) is 3.39. The molecule has 1 aromatic heterocycles. The number of hydrogen-bond donors (Lipinski definition) is 3. The predicted molar refractivity (Wildman–Crippen MR) is 85.0 cm³/mol. The van der Waals surface area contributed by atoms with Gasteiger partial charge in [0.25, 0.3) is 0 Å². The van der Waals surface area contributed by atoms with Crippen LogP contribution in [0.5, 0.6) is 5.75 Å². The van der Waals surface area contributed by atoms with Crippen molar-refractivity contribution in [2.45, 2.75) is 43.9 Å². The molecule has 0 saturated heterocycles. The molecule has 1 unspecified atom stereocenters. The Morgan fingerprint density at radius 3 is 2.96 bits per heavy atom. The van der Waals surface area contributed by atoms with Gasteiger partial charge in [0.2, 0.25) is 0 Å². The second-order valence-corrected chi connectivity index (χ2v) is 6.34. The summed E-state index contributed by atoms with van der Waals surface area (Å²) in [4.78, 5) is 12.2. The van der Waals surface area contributed by atoms with Crippen molar-refractivity contribution in [2.24, 2.45) is 0 Å². The lowest BCUT2D eigenvalue weighted by molar-refractivity contribution is -0.0355. The number of H-pyrrole nitrogens is 1. The van der Waals surface area contributed by atoms with Gasteiger partial charge in [-0.15, -0.1) is 0 Å². The minimum Gasteiger partial charge on any atom is -0.487 e. The number of amides is 2. The van der Waals surface area contributed by atoms with E-state index in [-0.39, 0.29) is 17.7 Å². The van der Waals surface area contributed by atoms with Crippen LogP contribution in [0.3, 0.4) is 0 Å². The normalized spacial score (nSPS) is 21.0. The van der Waals surface area contributed by atoms with Gasteiger partial charge in [0, 0.05) is 18.2 Å². The summed E-state index contributed by atoms with van der Waals surface area (Å²) in [7, 11) is 0. The molecule has 2 aliphatic rings. The van der Waals surface area contributed by atoms with Crippen LogP contribution in [0.15, 0.2) is 36.5 Å². The molecule has 1 saturated carbocycles. The van der Waals surface area contributed by atoms with Gasteiger partial charge in [0.15, 0.2) is 0 Å². The first kappa shape index (κ1) is 14.1. The number of ether oxygens (including phenoxy) is 1. The largest absolute Gasteiger partial charge is 0.487 e. The van der Waals surface area contributed by atoms with Crippen LogP contribution in [0.1, 0.15) is 43.0 Å². The van der Waals surface area contributed by atoms with Crippen molar-refractivity contribution in [2.75, 3.05) is 0 Å². The number of nitrogens with one attached hydrogen (secondary N) is 3. The first-order valence-corrected chi connectivity index (χ1v) is 8.05. The highest BCUT2D eigenvalue weighted by molar-refractivity contribution is 5.74. The summed E-state index contributed by atoms with van der Waals surface area (Å²) in [5, 5.41) is 12.7. The highest BCUT2D eigenvalue weighted by Gasteiger charge is 2.45. The molecule has 6 heteroatoms. The minimum atomic E-state index is -0.171. The molecule has 1 aromatic carbocycles. The lowest BCUT2D eigenvalue weighted by Gasteiger charge is -2.48. The lowest BCUT2D eigenvalue weighted by Crippen LogP contribution is -2.50. The highest BCUT2D eigenvalue weighted by atomic mass is 16.5. The van der Waals surface area contributed by atoms with Gasteiger partial charge in [-0.1, -0.05) is 18.2 Å². The van der Waals surface area contributed by atoms with E-state index in [2.05, 4.69) is 20.8 Å². The van der Waals surface area contributed by atoms with Crippen molar-refractivity contribution in [1.82, 2.24) is 20.8 Å². The van der Waals surface area contributed by atoms with Gasteiger partial charge in [-0.3, -0.25) is 5.10 Å². The van der Waals surface area contributed by atoms with Crippen LogP contribution in [-0.2, 0) is 6.54 Å². The number of rotatable bonds is 3. The van der Waals surface area contributed by atoms with Crippen molar-refractivity contribution >= 4 is 6.03 Å². The number of urea groups is 1. The van der Waals surface area contributed by atoms with Gasteiger partial charge in [0.1, 0.15) is 11.4 Å². The quantitative estimate of drug-likeness (QED) is 0.815. The molecule has 6 nitrogen and oxygen atoms in total. The summed E-state index contributed by atoms with van der Waals surface area (Å²) in [6.07, 6.45) is 5.83. The second-order valence-electron chi connectivity index (χ2n) is 6.34. The molecule has 4 rings (SSSR count). The molecule has 0 bridgehead atoms. The summed E-state index contributed by atoms with van der Waals surface area (Å²) < 4.78 is 6.20. The monoisotopic (exact) mass is 312 g/mol. The van der Waals surface area contributed by atoms with E-state index in [1.165, 1.54) is 6.42 Å². The molecular formula is C17H20N4O2. The van der Waals surface area contributed by atoms with Crippen LogP contribution >= 0.6 is 0 Å². The van der Waals surface area contributed by atoms with Crippen LogP contribution in [0.4, 0.5) is 4.79 Å². The van der Waals surface area contributed by atoms with Gasteiger partial charge in [0.05, 0.1) is 18.3 Å². The number of benzene rings is 1. The van der Waals surface area contributed by atoms with E-state index in [9.17, 15) is 4.79 Å². The van der Waals surface area contributed by atoms with E-state index in [4.69, 9.17) is 4.74 Å². The molecule has 120 valence electrons. The fourth-order valence-corrected chi connectivity index (χ4v) is 3.39. The van der Waals surface area contributed by atoms with Crippen LogP contribution in [0.2, 0.25) is 0 Å². The van der Waals surface area contributed by atoms with Crippen molar-refractivity contribution in [3.8, 4) is 5.75 Å². The van der Waals surface area contributed by atoms with Gasteiger partial charge in [-0.05, 0) is 31.4 Å². The summed E-state index contributed by atoms with van der Waals surface area (Å²) >= 11 is 0. The van der Waals surface area contributed by atoms with Crippen LogP contribution in [0, 0.1) is 0 Å². The Labute approximate surface area is 134 Å². The van der Waals surface area contributed by atoms with E-state index in [1.54, 1.807) is 6.20 Å². The van der Waals surface area contributed by atoms with E-state index < -0.39 is 0 Å². The van der Waals surface area contributed by atoms with Gasteiger partial charge in [-0.25, -0.2) is 4.79 Å². The Morgan fingerprint density at radius 2 is 2.22 bits per heavy atom. The van der Waals surface area contributed by atoms with E-state index in [0.717, 1.165) is 36.3 Å². The number of para-hydroxylation sites is 1. The number of fused-ring (bicyclic) bond motifs is 1. The maximum atomic E-state index is 12.2. The second kappa shape index (κ2) is 5.61. The van der Waals surface area contributed by atoms with Gasteiger partial charge < -0.3 is 15.4 Å². The third kappa shape index (κ3) is 2.76. The van der Waals surface area contributed by atoms with Crippen LogP contribution in [-0.4, -0.2) is 21.8 Å². The van der Waals surface area contributed by atoms with Crippen LogP contribution < -0.4 is 15.4 Å². The molecule has 1 aliphatic carbocycles. The third-order valence-electron chi connectivity index (χ3n) is 4.76. The Morgan fingerprint density at radius 1 is 1.35 bits per heavy atom. The smallest absolute Gasteiger partial charge is 0.315 e. The molecule has 2 aromatic rings. The third-order valence-corrected chi connectivity index (χ3v) is 4.76. The van der Waals surface area contributed by atoms with Gasteiger partial charge >= 0.3 is 6.03 Å². The maximum Gasteiger partial charge on any atom is 0.315 e. The summed E-state index contributed by atoms with van der Waals surface area (Å²) in [5.74, 6) is 0.900. The SMILES string of the molecule is O=C(NCc1ccn[nH]1)NC1CC2(CCC2)Oc2ccccc21. The number of carbonyl (C=O) groups is 1. The molecule has 1 atom stereocenters. The summed E-state index contributed by atoms with van der Waals surface area (Å²) in [5.41, 5.74) is 1.85. The zero-order chi connectivity index (χ0) is 15.7. The number of hydrogen-bond acceptors (Lipinski definition) is 3. The molecule has 2 amide bonds. The molecule has 2 heterocycles. The predicted octanol–water partition coefficient (Wildman–Crippen LogP) is 2.66. The minimum absolute atomic E-state index is 0.0120. The van der Waals surface area contributed by atoms with E-state index in [1.807, 2.05) is 30.3 Å². The zero-order valence-corrected chi connectivity index (χ0v) is 12.8. The number of aromatic nitrogens is 2. The number of carbonyl (C=O) groups excluding carboxylic acids is 1. The zero-order valence-electron chi connectivity index (χ0n) is 12.8. The molecule has 3 N–H and O–H groups in total. The maximum absolute atomic E-state index is 12.2. The Hall–Kier alpha value is -2.50. The van der Waals surface area contributed by atoms with E-state index in [0.29, 0.717) is 6.54 Å².